The number of benzene rings is 2. The number of para-hydroxylation sites is 1. The molecule has 5 heteroatoms. The van der Waals surface area contributed by atoms with E-state index in [-0.39, 0.29) is 6.61 Å². The van der Waals surface area contributed by atoms with E-state index in [4.69, 9.17) is 4.74 Å². The van der Waals surface area contributed by atoms with Gasteiger partial charge in [0.15, 0.2) is 0 Å². The number of ether oxygens (including phenoxy) is 1. The largest absolute Gasteiger partial charge is 0.491 e. The Morgan fingerprint density at radius 1 is 1.14 bits per heavy atom. The van der Waals surface area contributed by atoms with Crippen LogP contribution in [0.15, 0.2) is 48.5 Å². The second kappa shape index (κ2) is 6.58. The molecule has 22 heavy (non-hydrogen) atoms. The van der Waals surface area contributed by atoms with E-state index in [1.807, 2.05) is 48.5 Å². The molecule has 3 rings (SSSR count). The van der Waals surface area contributed by atoms with Crippen molar-refractivity contribution in [3.05, 3.63) is 54.1 Å². The highest BCUT2D eigenvalue weighted by Gasteiger charge is 2.10. The lowest BCUT2D eigenvalue weighted by atomic mass is 10.2. The molecule has 0 unspecified atom stereocenters. The summed E-state index contributed by atoms with van der Waals surface area (Å²) in [6, 6.07) is 15.6. The molecule has 1 aromatic heterocycles. The quantitative estimate of drug-likeness (QED) is 0.759. The molecule has 0 radical (unpaired) electrons. The van der Waals surface area contributed by atoms with Crippen molar-refractivity contribution in [1.29, 1.82) is 0 Å². The third-order valence-electron chi connectivity index (χ3n) is 3.58. The van der Waals surface area contributed by atoms with E-state index in [1.165, 1.54) is 5.56 Å². The first kappa shape index (κ1) is 14.5. The van der Waals surface area contributed by atoms with Crippen molar-refractivity contribution in [2.75, 3.05) is 6.61 Å². The summed E-state index contributed by atoms with van der Waals surface area (Å²) >= 11 is 0. The number of hydrogen-bond acceptors (Lipinski definition) is 4. The predicted octanol–water partition coefficient (Wildman–Crippen LogP) is 2.43. The van der Waals surface area contributed by atoms with Crippen molar-refractivity contribution in [2.24, 2.45) is 0 Å². The Morgan fingerprint density at radius 2 is 1.91 bits per heavy atom. The van der Waals surface area contributed by atoms with Gasteiger partial charge >= 0.3 is 0 Å². The van der Waals surface area contributed by atoms with Gasteiger partial charge in [-0.05, 0) is 36.2 Å². The van der Waals surface area contributed by atoms with Crippen molar-refractivity contribution >= 4 is 11.0 Å². The van der Waals surface area contributed by atoms with Gasteiger partial charge in [0.25, 0.3) is 0 Å². The Hall–Kier alpha value is -2.40. The van der Waals surface area contributed by atoms with Gasteiger partial charge in [-0.1, -0.05) is 36.4 Å². The predicted molar refractivity (Wildman–Crippen MR) is 84.8 cm³/mol. The normalized spacial score (nSPS) is 12.5. The summed E-state index contributed by atoms with van der Waals surface area (Å²) in [5.74, 6) is 0.764. The smallest absolute Gasteiger partial charge is 0.119 e. The fraction of sp³-hybridized carbons (Fsp3) is 0.294. The lowest BCUT2D eigenvalue weighted by molar-refractivity contribution is 0.0899. The number of fused-ring (bicyclic) bond motifs is 1. The van der Waals surface area contributed by atoms with Crippen LogP contribution in [0.25, 0.3) is 11.0 Å². The van der Waals surface area contributed by atoms with Crippen LogP contribution in [0.1, 0.15) is 12.5 Å². The first-order valence-electron chi connectivity index (χ1n) is 7.44. The average molecular weight is 297 g/mol. The van der Waals surface area contributed by atoms with Gasteiger partial charge in [-0.25, -0.2) is 4.68 Å². The monoisotopic (exact) mass is 297 g/mol. The Labute approximate surface area is 129 Å². The minimum absolute atomic E-state index is 0.222. The minimum Gasteiger partial charge on any atom is -0.491 e. The summed E-state index contributed by atoms with van der Waals surface area (Å²) in [5, 5.41) is 18.3. The average Bonchev–Trinajstić information content (AvgIpc) is 2.97. The standard InChI is InChI=1S/C17H19N3O2/c1-2-13-7-9-15(10-8-13)22-12-14(21)11-20-17-6-4-3-5-16(17)18-19-20/h3-10,14,21H,2,11-12H2,1H3/t14-/m0/s1. The molecular formula is C17H19N3O2. The number of aliphatic hydroxyl groups excluding tert-OH is 1. The van der Waals surface area contributed by atoms with Gasteiger partial charge in [-0.15, -0.1) is 5.10 Å². The SMILES string of the molecule is CCc1ccc(OC[C@@H](O)Cn2nnc3ccccc32)cc1. The van der Waals surface area contributed by atoms with Gasteiger partial charge in [0, 0.05) is 0 Å². The lowest BCUT2D eigenvalue weighted by Crippen LogP contribution is -2.24. The van der Waals surface area contributed by atoms with E-state index in [1.54, 1.807) is 4.68 Å². The molecule has 0 aliphatic rings. The Morgan fingerprint density at radius 3 is 2.68 bits per heavy atom. The van der Waals surface area contributed by atoms with E-state index >= 15 is 0 Å². The molecule has 2 aromatic carbocycles. The van der Waals surface area contributed by atoms with Gasteiger partial charge in [0.2, 0.25) is 0 Å². The molecule has 0 amide bonds. The number of aromatic nitrogens is 3. The number of aliphatic hydroxyl groups is 1. The van der Waals surface area contributed by atoms with Gasteiger partial charge in [-0.2, -0.15) is 0 Å². The lowest BCUT2D eigenvalue weighted by Gasteiger charge is -2.13. The number of nitrogens with zero attached hydrogens (tertiary/aromatic N) is 3. The zero-order chi connectivity index (χ0) is 15.4. The summed E-state index contributed by atoms with van der Waals surface area (Å²) in [4.78, 5) is 0. The van der Waals surface area contributed by atoms with E-state index < -0.39 is 6.10 Å². The maximum atomic E-state index is 10.1. The van der Waals surface area contributed by atoms with Crippen LogP contribution in [0.5, 0.6) is 5.75 Å². The molecule has 5 nitrogen and oxygen atoms in total. The van der Waals surface area contributed by atoms with Gasteiger partial charge < -0.3 is 9.84 Å². The maximum Gasteiger partial charge on any atom is 0.119 e. The molecule has 114 valence electrons. The summed E-state index contributed by atoms with van der Waals surface area (Å²) < 4.78 is 7.31. The van der Waals surface area contributed by atoms with Crippen molar-refractivity contribution in [1.82, 2.24) is 15.0 Å². The number of aryl methyl sites for hydroxylation is 1. The van der Waals surface area contributed by atoms with Crippen LogP contribution in [0.2, 0.25) is 0 Å². The van der Waals surface area contributed by atoms with Crippen molar-refractivity contribution in [3.63, 3.8) is 0 Å². The zero-order valence-corrected chi connectivity index (χ0v) is 12.5. The van der Waals surface area contributed by atoms with Gasteiger partial charge in [0.1, 0.15) is 24.0 Å². The van der Waals surface area contributed by atoms with Crippen LogP contribution in [0, 0.1) is 0 Å². The molecule has 0 aliphatic carbocycles. The topological polar surface area (TPSA) is 60.2 Å². The van der Waals surface area contributed by atoms with Gasteiger partial charge in [0.05, 0.1) is 12.1 Å². The molecule has 0 spiro atoms. The zero-order valence-electron chi connectivity index (χ0n) is 12.5. The maximum absolute atomic E-state index is 10.1. The molecule has 1 atom stereocenters. The van der Waals surface area contributed by atoms with Crippen LogP contribution in [0.4, 0.5) is 0 Å². The van der Waals surface area contributed by atoms with Crippen molar-refractivity contribution in [2.45, 2.75) is 26.0 Å². The summed E-state index contributed by atoms with van der Waals surface area (Å²) in [5.41, 5.74) is 3.00. The molecule has 0 fully saturated rings. The second-order valence-corrected chi connectivity index (χ2v) is 5.22. The molecule has 0 aliphatic heterocycles. The highest BCUT2D eigenvalue weighted by atomic mass is 16.5. The molecular weight excluding hydrogens is 278 g/mol. The van der Waals surface area contributed by atoms with Crippen LogP contribution in [-0.2, 0) is 13.0 Å². The van der Waals surface area contributed by atoms with Crippen molar-refractivity contribution in [3.8, 4) is 5.75 Å². The summed E-state index contributed by atoms with van der Waals surface area (Å²) in [6.07, 6.45) is 0.360. The van der Waals surface area contributed by atoms with Crippen LogP contribution >= 0.6 is 0 Å². The molecule has 1 N–H and O–H groups in total. The highest BCUT2D eigenvalue weighted by Crippen LogP contribution is 2.14. The Balaban J connectivity index is 1.59. The minimum atomic E-state index is -0.643. The third-order valence-corrected chi connectivity index (χ3v) is 3.58. The van der Waals surface area contributed by atoms with Gasteiger partial charge in [-0.3, -0.25) is 0 Å². The fourth-order valence-corrected chi connectivity index (χ4v) is 2.32. The van der Waals surface area contributed by atoms with Crippen LogP contribution < -0.4 is 4.74 Å². The molecule has 0 bridgehead atoms. The van der Waals surface area contributed by atoms with E-state index in [2.05, 4.69) is 17.2 Å². The van der Waals surface area contributed by atoms with E-state index in [9.17, 15) is 5.11 Å². The highest BCUT2D eigenvalue weighted by molar-refractivity contribution is 5.73. The first-order valence-corrected chi connectivity index (χ1v) is 7.44. The van der Waals surface area contributed by atoms with E-state index in [0.717, 1.165) is 23.2 Å². The van der Waals surface area contributed by atoms with Crippen molar-refractivity contribution < 1.29 is 9.84 Å². The third kappa shape index (κ3) is 3.26. The Bertz CT molecular complexity index is 737. The van der Waals surface area contributed by atoms with Crippen LogP contribution in [0.3, 0.4) is 0 Å². The summed E-state index contributed by atoms with van der Waals surface area (Å²) in [7, 11) is 0. The Kier molecular flexibility index (Phi) is 4.34. The summed E-state index contributed by atoms with van der Waals surface area (Å²) in [6.45, 7) is 2.69. The molecule has 0 saturated carbocycles. The van der Waals surface area contributed by atoms with Crippen LogP contribution in [-0.4, -0.2) is 32.8 Å². The molecule has 1 heterocycles. The number of hydrogen-bond donors (Lipinski definition) is 1. The van der Waals surface area contributed by atoms with E-state index in [0.29, 0.717) is 6.54 Å². The molecule has 3 aromatic rings. The number of rotatable bonds is 6. The second-order valence-electron chi connectivity index (χ2n) is 5.22. The fourth-order valence-electron chi connectivity index (χ4n) is 2.32. The molecule has 0 saturated heterocycles. The first-order chi connectivity index (χ1) is 10.8.